The number of pyridine rings is 1. The second-order valence-corrected chi connectivity index (χ2v) is 8.01. The van der Waals surface area contributed by atoms with E-state index in [2.05, 4.69) is 9.88 Å². The molecule has 1 aromatic heterocycles. The van der Waals surface area contributed by atoms with E-state index in [1.807, 2.05) is 15.9 Å². The van der Waals surface area contributed by atoms with Gasteiger partial charge in [-0.25, -0.2) is 4.98 Å². The molecule has 0 radical (unpaired) electrons. The highest BCUT2D eigenvalue weighted by Crippen LogP contribution is 2.31. The number of carbonyl (C=O) groups is 1. The molecule has 8 nitrogen and oxygen atoms in total. The third kappa shape index (κ3) is 4.18. The fourth-order valence-corrected chi connectivity index (χ4v) is 4.39. The first-order valence-electron chi connectivity index (χ1n) is 10.2. The summed E-state index contributed by atoms with van der Waals surface area (Å²) in [6.45, 7) is 4.09. The van der Waals surface area contributed by atoms with Crippen LogP contribution in [0, 0.1) is 10.1 Å². The van der Waals surface area contributed by atoms with Crippen LogP contribution in [0.5, 0.6) is 0 Å². The van der Waals surface area contributed by atoms with Crippen LogP contribution in [0.3, 0.4) is 0 Å². The number of benzene rings is 1. The summed E-state index contributed by atoms with van der Waals surface area (Å²) in [6, 6.07) is 8.49. The van der Waals surface area contributed by atoms with Crippen molar-refractivity contribution in [2.75, 3.05) is 49.1 Å². The van der Waals surface area contributed by atoms with Crippen molar-refractivity contribution in [1.29, 1.82) is 0 Å². The zero-order valence-corrected chi connectivity index (χ0v) is 17.4. The summed E-state index contributed by atoms with van der Waals surface area (Å²) < 4.78 is 0. The van der Waals surface area contributed by atoms with Crippen molar-refractivity contribution < 1.29 is 9.72 Å². The highest BCUT2D eigenvalue weighted by molar-refractivity contribution is 6.33. The largest absolute Gasteiger partial charge is 0.362 e. The minimum atomic E-state index is -0.349. The molecule has 1 aromatic carbocycles. The minimum Gasteiger partial charge on any atom is -0.362 e. The van der Waals surface area contributed by atoms with Crippen LogP contribution in [0.15, 0.2) is 36.5 Å². The number of nitro groups is 1. The van der Waals surface area contributed by atoms with Crippen LogP contribution >= 0.6 is 11.6 Å². The number of piperidine rings is 1. The molecule has 30 heavy (non-hydrogen) atoms. The fraction of sp³-hybridized carbons (Fsp3) is 0.429. The second-order valence-electron chi connectivity index (χ2n) is 7.60. The maximum Gasteiger partial charge on any atom is 0.292 e. The number of anilines is 2. The lowest BCUT2D eigenvalue weighted by Gasteiger charge is -2.36. The SMILES string of the molecule is O=C(c1cnc(N2CCN(c3ccccc3[N+](=O)[O-])CC2)c(Cl)c1)N1CCCCC1. The molecule has 0 spiro atoms. The molecule has 9 heteroatoms. The van der Waals surface area contributed by atoms with Gasteiger partial charge in [-0.3, -0.25) is 14.9 Å². The highest BCUT2D eigenvalue weighted by atomic mass is 35.5. The zero-order chi connectivity index (χ0) is 21.1. The number of piperazine rings is 1. The smallest absolute Gasteiger partial charge is 0.292 e. The molecule has 3 heterocycles. The Morgan fingerprint density at radius 3 is 2.33 bits per heavy atom. The fourth-order valence-electron chi connectivity index (χ4n) is 4.11. The number of halogens is 1. The van der Waals surface area contributed by atoms with Gasteiger partial charge < -0.3 is 14.7 Å². The molecule has 4 rings (SSSR count). The number of para-hydroxylation sites is 2. The van der Waals surface area contributed by atoms with Crippen molar-refractivity contribution in [2.45, 2.75) is 19.3 Å². The Morgan fingerprint density at radius 2 is 1.67 bits per heavy atom. The van der Waals surface area contributed by atoms with Crippen LogP contribution in [0.4, 0.5) is 17.2 Å². The van der Waals surface area contributed by atoms with Crippen LogP contribution in [0.2, 0.25) is 5.02 Å². The van der Waals surface area contributed by atoms with Crippen molar-refractivity contribution in [3.8, 4) is 0 Å². The lowest BCUT2D eigenvalue weighted by Crippen LogP contribution is -2.47. The van der Waals surface area contributed by atoms with Crippen LogP contribution in [0.25, 0.3) is 0 Å². The normalized spacial score (nSPS) is 17.2. The maximum atomic E-state index is 12.7. The third-order valence-corrected chi connectivity index (χ3v) is 5.99. The summed E-state index contributed by atoms with van der Waals surface area (Å²) in [5.41, 5.74) is 1.26. The number of nitrogens with zero attached hydrogens (tertiary/aromatic N) is 5. The van der Waals surface area contributed by atoms with Gasteiger partial charge in [-0.1, -0.05) is 23.7 Å². The lowest BCUT2D eigenvalue weighted by molar-refractivity contribution is -0.384. The molecule has 2 fully saturated rings. The summed E-state index contributed by atoms with van der Waals surface area (Å²) >= 11 is 6.49. The van der Waals surface area contributed by atoms with Gasteiger partial charge >= 0.3 is 0 Å². The van der Waals surface area contributed by atoms with E-state index in [0.29, 0.717) is 48.3 Å². The topological polar surface area (TPSA) is 82.8 Å². The van der Waals surface area contributed by atoms with E-state index in [1.165, 1.54) is 12.5 Å². The molecule has 0 saturated carbocycles. The number of likely N-dealkylation sites (tertiary alicyclic amines) is 1. The van der Waals surface area contributed by atoms with Crippen molar-refractivity contribution in [2.24, 2.45) is 0 Å². The third-order valence-electron chi connectivity index (χ3n) is 5.71. The molecule has 2 aromatic rings. The van der Waals surface area contributed by atoms with E-state index in [1.54, 1.807) is 24.4 Å². The van der Waals surface area contributed by atoms with Gasteiger partial charge in [0.05, 0.1) is 15.5 Å². The monoisotopic (exact) mass is 429 g/mol. The molecule has 2 saturated heterocycles. The van der Waals surface area contributed by atoms with Crippen molar-refractivity contribution >= 4 is 34.7 Å². The average Bonchev–Trinajstić information content (AvgIpc) is 2.79. The minimum absolute atomic E-state index is 0.0168. The summed E-state index contributed by atoms with van der Waals surface area (Å²) in [6.07, 6.45) is 4.84. The first-order chi connectivity index (χ1) is 14.5. The van der Waals surface area contributed by atoms with E-state index in [9.17, 15) is 14.9 Å². The molecular formula is C21H24ClN5O3. The van der Waals surface area contributed by atoms with Gasteiger partial charge in [0.15, 0.2) is 0 Å². The predicted octanol–water partition coefficient (Wildman–Crippen LogP) is 3.60. The Balaban J connectivity index is 1.44. The van der Waals surface area contributed by atoms with Gasteiger partial charge in [0.2, 0.25) is 0 Å². The lowest BCUT2D eigenvalue weighted by atomic mass is 10.1. The van der Waals surface area contributed by atoms with Gasteiger partial charge in [0.1, 0.15) is 11.5 Å². The van der Waals surface area contributed by atoms with Crippen LogP contribution in [-0.4, -0.2) is 60.0 Å². The molecule has 158 valence electrons. The van der Waals surface area contributed by atoms with Crippen molar-refractivity contribution in [3.63, 3.8) is 0 Å². The average molecular weight is 430 g/mol. The predicted molar refractivity (Wildman–Crippen MR) is 117 cm³/mol. The van der Waals surface area contributed by atoms with E-state index in [-0.39, 0.29) is 16.5 Å². The summed E-state index contributed by atoms with van der Waals surface area (Å²) in [4.78, 5) is 34.0. The number of hydrogen-bond acceptors (Lipinski definition) is 6. The van der Waals surface area contributed by atoms with Gasteiger partial charge in [-0.05, 0) is 31.4 Å². The summed E-state index contributed by atoms with van der Waals surface area (Å²) in [5, 5.41) is 11.8. The van der Waals surface area contributed by atoms with Gasteiger partial charge in [0, 0.05) is 51.5 Å². The van der Waals surface area contributed by atoms with Crippen LogP contribution in [0.1, 0.15) is 29.6 Å². The molecule has 0 N–H and O–H groups in total. The molecule has 0 atom stereocenters. The number of carbonyl (C=O) groups excluding carboxylic acids is 1. The van der Waals surface area contributed by atoms with Crippen LogP contribution in [-0.2, 0) is 0 Å². The number of nitro benzene ring substituents is 1. The summed E-state index contributed by atoms with van der Waals surface area (Å²) in [5.74, 6) is 0.630. The van der Waals surface area contributed by atoms with Crippen LogP contribution < -0.4 is 9.80 Å². The molecule has 1 amide bonds. The number of rotatable bonds is 4. The first-order valence-corrected chi connectivity index (χ1v) is 10.6. The quantitative estimate of drug-likeness (QED) is 0.545. The molecular weight excluding hydrogens is 406 g/mol. The van der Waals surface area contributed by atoms with Crippen molar-refractivity contribution in [1.82, 2.24) is 9.88 Å². The molecule has 0 bridgehead atoms. The second kappa shape index (κ2) is 8.87. The number of hydrogen-bond donors (Lipinski definition) is 0. The molecule has 2 aliphatic heterocycles. The van der Waals surface area contributed by atoms with Gasteiger partial charge in [-0.2, -0.15) is 0 Å². The Bertz CT molecular complexity index is 940. The number of aromatic nitrogens is 1. The van der Waals surface area contributed by atoms with Gasteiger partial charge in [-0.15, -0.1) is 0 Å². The van der Waals surface area contributed by atoms with E-state index in [4.69, 9.17) is 11.6 Å². The Labute approximate surface area is 180 Å². The van der Waals surface area contributed by atoms with Gasteiger partial charge in [0.25, 0.3) is 11.6 Å². The maximum absolute atomic E-state index is 12.7. The molecule has 0 aliphatic carbocycles. The van der Waals surface area contributed by atoms with E-state index in [0.717, 1.165) is 25.9 Å². The number of amides is 1. The highest BCUT2D eigenvalue weighted by Gasteiger charge is 2.26. The van der Waals surface area contributed by atoms with Crippen molar-refractivity contribution in [3.05, 3.63) is 57.2 Å². The first kappa shape index (κ1) is 20.4. The standard InChI is InChI=1S/C21H24ClN5O3/c22-17-14-16(21(28)26-8-4-1-5-9-26)15-23-20(17)25-12-10-24(11-13-25)18-6-2-3-7-19(18)27(29)30/h2-3,6-7,14-15H,1,4-5,8-13H2. The summed E-state index contributed by atoms with van der Waals surface area (Å²) in [7, 11) is 0. The molecule has 2 aliphatic rings. The Morgan fingerprint density at radius 1 is 1.00 bits per heavy atom. The van der Waals surface area contributed by atoms with E-state index < -0.39 is 0 Å². The molecule has 0 unspecified atom stereocenters. The Hall–Kier alpha value is -2.87. The zero-order valence-electron chi connectivity index (χ0n) is 16.7. The van der Waals surface area contributed by atoms with E-state index >= 15 is 0 Å². The Kier molecular flexibility index (Phi) is 6.03.